The number of H-pyrrole nitrogens is 3. The molecule has 0 aliphatic rings. The maximum Gasteiger partial charge on any atom is 0.272 e. The molecule has 128 valence electrons. The maximum absolute atomic E-state index is 12.3. The van der Waals surface area contributed by atoms with Gasteiger partial charge in [-0.3, -0.25) is 9.59 Å². The second-order valence-corrected chi connectivity index (χ2v) is 6.30. The number of nitrogens with one attached hydrogen (secondary N) is 3. The second-order valence-electron chi connectivity index (χ2n) is 6.30. The first-order chi connectivity index (χ1) is 12.0. The first kappa shape index (κ1) is 16.7. The van der Waals surface area contributed by atoms with Crippen LogP contribution in [0.15, 0.2) is 46.2 Å². The summed E-state index contributed by atoms with van der Waals surface area (Å²) in [5.41, 5.74) is 1.73. The van der Waals surface area contributed by atoms with Crippen LogP contribution in [0.25, 0.3) is 12.2 Å². The lowest BCUT2D eigenvalue weighted by atomic mass is 10.1. The summed E-state index contributed by atoms with van der Waals surface area (Å²) in [6.07, 6.45) is 5.64. The smallest absolute Gasteiger partial charge is 0.272 e. The number of hydrogen-bond donors (Lipinski definition) is 3. The number of rotatable bonds is 4. The van der Waals surface area contributed by atoms with E-state index in [1.165, 1.54) is 0 Å². The van der Waals surface area contributed by atoms with Gasteiger partial charge in [-0.05, 0) is 30.1 Å². The van der Waals surface area contributed by atoms with E-state index < -0.39 is 0 Å². The Morgan fingerprint density at radius 1 is 1.00 bits per heavy atom. The van der Waals surface area contributed by atoms with Crippen LogP contribution in [-0.4, -0.2) is 19.9 Å². The summed E-state index contributed by atoms with van der Waals surface area (Å²) in [6, 6.07) is 9.35. The van der Waals surface area contributed by atoms with E-state index in [9.17, 15) is 9.59 Å². The SMILES string of the molecule is CC(C)Cc1[nH]cnc1/C=c1\[nH]c(=O)/c(=C/c2ccccc2)[nH]c1=O. The van der Waals surface area contributed by atoms with Gasteiger partial charge in [-0.1, -0.05) is 44.2 Å². The fourth-order valence-corrected chi connectivity index (χ4v) is 2.58. The molecule has 2 aromatic heterocycles. The predicted molar refractivity (Wildman–Crippen MR) is 97.6 cm³/mol. The van der Waals surface area contributed by atoms with E-state index in [1.807, 2.05) is 30.3 Å². The molecule has 25 heavy (non-hydrogen) atoms. The summed E-state index contributed by atoms with van der Waals surface area (Å²) in [4.78, 5) is 37.2. The van der Waals surface area contributed by atoms with E-state index in [4.69, 9.17) is 0 Å². The molecule has 3 N–H and O–H groups in total. The normalized spacial score (nSPS) is 12.9. The van der Waals surface area contributed by atoms with Crippen LogP contribution >= 0.6 is 0 Å². The summed E-state index contributed by atoms with van der Waals surface area (Å²) >= 11 is 0. The van der Waals surface area contributed by atoms with Crippen molar-refractivity contribution < 1.29 is 0 Å². The monoisotopic (exact) mass is 336 g/mol. The Kier molecular flexibility index (Phi) is 4.79. The molecule has 1 aromatic carbocycles. The standard InChI is InChI=1S/C19H20N4O2/c1-12(2)8-14-15(21-11-20-14)10-17-19(25)22-16(18(24)23-17)9-13-6-4-3-5-7-13/h3-7,9-12H,8H2,1-2H3,(H,20,21)(H,22,25)(H,23,24)/b16-9-,17-10-. The Bertz CT molecular complexity index is 1090. The Balaban J connectivity index is 2.07. The lowest BCUT2D eigenvalue weighted by Gasteiger charge is -2.02. The maximum atomic E-state index is 12.3. The van der Waals surface area contributed by atoms with Crippen molar-refractivity contribution in [3.63, 3.8) is 0 Å². The van der Waals surface area contributed by atoms with Crippen LogP contribution in [0.5, 0.6) is 0 Å². The predicted octanol–water partition coefficient (Wildman–Crippen LogP) is 0.642. The summed E-state index contributed by atoms with van der Waals surface area (Å²) in [5, 5.41) is 0.407. The lowest BCUT2D eigenvalue weighted by molar-refractivity contribution is 0.637. The number of hydrogen-bond acceptors (Lipinski definition) is 3. The van der Waals surface area contributed by atoms with Crippen molar-refractivity contribution in [1.29, 1.82) is 0 Å². The van der Waals surface area contributed by atoms with Crippen molar-refractivity contribution >= 4 is 12.2 Å². The van der Waals surface area contributed by atoms with Crippen LogP contribution in [0.4, 0.5) is 0 Å². The third-order valence-corrected chi connectivity index (χ3v) is 3.74. The number of aromatic nitrogens is 4. The van der Waals surface area contributed by atoms with Gasteiger partial charge in [0, 0.05) is 5.69 Å². The number of benzene rings is 1. The van der Waals surface area contributed by atoms with Crippen LogP contribution in [0.1, 0.15) is 30.8 Å². The van der Waals surface area contributed by atoms with Gasteiger partial charge in [0.1, 0.15) is 10.7 Å². The van der Waals surface area contributed by atoms with Crippen LogP contribution in [0.2, 0.25) is 0 Å². The third kappa shape index (κ3) is 4.03. The lowest BCUT2D eigenvalue weighted by Crippen LogP contribution is -2.46. The average Bonchev–Trinajstić information content (AvgIpc) is 2.99. The average molecular weight is 336 g/mol. The van der Waals surface area contributed by atoms with Crippen molar-refractivity contribution in [2.45, 2.75) is 20.3 Å². The number of imidazole rings is 1. The van der Waals surface area contributed by atoms with Gasteiger partial charge in [0.2, 0.25) is 0 Å². The fourth-order valence-electron chi connectivity index (χ4n) is 2.58. The minimum Gasteiger partial charge on any atom is -0.348 e. The minimum atomic E-state index is -0.361. The van der Waals surface area contributed by atoms with Crippen LogP contribution in [0.3, 0.4) is 0 Å². The summed E-state index contributed by atoms with van der Waals surface area (Å²) in [7, 11) is 0. The van der Waals surface area contributed by atoms with Crippen molar-refractivity contribution in [3.8, 4) is 0 Å². The fraction of sp³-hybridized carbons (Fsp3) is 0.211. The van der Waals surface area contributed by atoms with Gasteiger partial charge in [0.05, 0.1) is 12.0 Å². The molecular weight excluding hydrogens is 316 g/mol. The van der Waals surface area contributed by atoms with Crippen molar-refractivity contribution in [2.24, 2.45) is 5.92 Å². The Labute approximate surface area is 144 Å². The highest BCUT2D eigenvalue weighted by atomic mass is 16.1. The largest absolute Gasteiger partial charge is 0.348 e. The molecule has 0 spiro atoms. The quantitative estimate of drug-likeness (QED) is 0.653. The first-order valence-electron chi connectivity index (χ1n) is 8.16. The molecule has 0 fully saturated rings. The molecule has 6 heteroatoms. The third-order valence-electron chi connectivity index (χ3n) is 3.74. The van der Waals surface area contributed by atoms with Crippen LogP contribution in [-0.2, 0) is 6.42 Å². The summed E-state index contributed by atoms with van der Waals surface area (Å²) in [5.74, 6) is 0.452. The minimum absolute atomic E-state index is 0.187. The molecule has 0 saturated carbocycles. The van der Waals surface area contributed by atoms with Crippen molar-refractivity contribution in [3.05, 3.63) is 85.0 Å². The highest BCUT2D eigenvalue weighted by Gasteiger charge is 2.06. The molecular formula is C19H20N4O2. The summed E-state index contributed by atoms with van der Waals surface area (Å²) in [6.45, 7) is 4.21. The van der Waals surface area contributed by atoms with Gasteiger partial charge in [-0.2, -0.15) is 0 Å². The van der Waals surface area contributed by atoms with E-state index >= 15 is 0 Å². The molecule has 0 aliphatic carbocycles. The van der Waals surface area contributed by atoms with Crippen LogP contribution < -0.4 is 21.8 Å². The van der Waals surface area contributed by atoms with E-state index in [0.29, 0.717) is 11.6 Å². The first-order valence-corrected chi connectivity index (χ1v) is 8.16. The second kappa shape index (κ2) is 7.17. The molecule has 2 heterocycles. The molecule has 0 bridgehead atoms. The molecule has 3 rings (SSSR count). The molecule has 0 saturated heterocycles. The van der Waals surface area contributed by atoms with E-state index in [-0.39, 0.29) is 21.8 Å². The van der Waals surface area contributed by atoms with Crippen LogP contribution in [0, 0.1) is 5.92 Å². The van der Waals surface area contributed by atoms with Crippen molar-refractivity contribution in [1.82, 2.24) is 19.9 Å². The van der Waals surface area contributed by atoms with E-state index in [2.05, 4.69) is 33.8 Å². The van der Waals surface area contributed by atoms with Gasteiger partial charge in [0.15, 0.2) is 0 Å². The zero-order valence-corrected chi connectivity index (χ0v) is 14.2. The molecule has 0 radical (unpaired) electrons. The van der Waals surface area contributed by atoms with Gasteiger partial charge in [-0.15, -0.1) is 0 Å². The van der Waals surface area contributed by atoms with E-state index in [1.54, 1.807) is 18.5 Å². The van der Waals surface area contributed by atoms with Gasteiger partial charge < -0.3 is 15.0 Å². The molecule has 0 atom stereocenters. The zero-order chi connectivity index (χ0) is 17.8. The number of aromatic amines is 3. The Hall–Kier alpha value is -3.15. The van der Waals surface area contributed by atoms with Gasteiger partial charge in [0.25, 0.3) is 11.1 Å². The summed E-state index contributed by atoms with van der Waals surface area (Å²) < 4.78 is 0. The Morgan fingerprint density at radius 2 is 1.64 bits per heavy atom. The zero-order valence-electron chi connectivity index (χ0n) is 14.2. The Morgan fingerprint density at radius 3 is 2.28 bits per heavy atom. The van der Waals surface area contributed by atoms with Gasteiger partial charge in [-0.25, -0.2) is 4.98 Å². The molecule has 0 unspecified atom stereocenters. The van der Waals surface area contributed by atoms with Gasteiger partial charge >= 0.3 is 0 Å². The van der Waals surface area contributed by atoms with Crippen molar-refractivity contribution in [2.75, 3.05) is 0 Å². The molecule has 0 aliphatic heterocycles. The molecule has 6 nitrogen and oxygen atoms in total. The molecule has 0 amide bonds. The molecule has 3 aromatic rings. The number of nitrogens with zero attached hydrogens (tertiary/aromatic N) is 1. The van der Waals surface area contributed by atoms with E-state index in [0.717, 1.165) is 17.7 Å². The highest BCUT2D eigenvalue weighted by Crippen LogP contribution is 2.09. The topological polar surface area (TPSA) is 94.4 Å². The highest BCUT2D eigenvalue weighted by molar-refractivity contribution is 5.48.